The van der Waals surface area contributed by atoms with Gasteiger partial charge in [0.15, 0.2) is 5.69 Å². The maximum Gasteiger partial charge on any atom is 0.573 e. The third kappa shape index (κ3) is 3.59. The quantitative estimate of drug-likeness (QED) is 0.806. The molecule has 8 heteroatoms. The molecule has 2 aromatic rings. The van der Waals surface area contributed by atoms with Gasteiger partial charge < -0.3 is 4.74 Å². The van der Waals surface area contributed by atoms with E-state index in [4.69, 9.17) is 0 Å². The number of hydrogen-bond donors (Lipinski definition) is 0. The van der Waals surface area contributed by atoms with Crippen LogP contribution in [0.15, 0.2) is 29.4 Å². The molecule has 0 aliphatic carbocycles. The first-order chi connectivity index (χ1) is 9.80. The van der Waals surface area contributed by atoms with Gasteiger partial charge in [0.05, 0.1) is 17.9 Å². The number of halogens is 3. The minimum Gasteiger partial charge on any atom is -0.406 e. The van der Waals surface area contributed by atoms with Gasteiger partial charge in [-0.2, -0.15) is 5.10 Å². The van der Waals surface area contributed by atoms with Crippen molar-refractivity contribution in [1.82, 2.24) is 9.78 Å². The van der Waals surface area contributed by atoms with Crippen molar-refractivity contribution in [2.24, 2.45) is 5.18 Å². The van der Waals surface area contributed by atoms with Crippen LogP contribution in [0.3, 0.4) is 0 Å². The van der Waals surface area contributed by atoms with Crippen LogP contribution in [0.1, 0.15) is 17.0 Å². The predicted molar refractivity (Wildman–Crippen MR) is 69.4 cm³/mol. The molecule has 2 rings (SSSR count). The van der Waals surface area contributed by atoms with Crippen molar-refractivity contribution in [3.8, 4) is 5.75 Å². The Morgan fingerprint density at radius 3 is 2.33 bits per heavy atom. The summed E-state index contributed by atoms with van der Waals surface area (Å²) in [6.07, 6.45) is -4.71. The minimum atomic E-state index is -4.71. The average Bonchev–Trinajstić information content (AvgIpc) is 2.65. The summed E-state index contributed by atoms with van der Waals surface area (Å²) in [5.41, 5.74) is 2.14. The van der Waals surface area contributed by atoms with Gasteiger partial charge in [-0.05, 0) is 36.7 Å². The average molecular weight is 299 g/mol. The number of alkyl halides is 3. The van der Waals surface area contributed by atoms with E-state index < -0.39 is 6.36 Å². The van der Waals surface area contributed by atoms with Crippen LogP contribution in [0, 0.1) is 18.8 Å². The third-order valence-electron chi connectivity index (χ3n) is 2.92. The SMILES string of the molecule is Cc1nn(Cc2ccc(OC(F)(F)F)cc2)c(C)c1N=O. The molecular weight excluding hydrogens is 287 g/mol. The van der Waals surface area contributed by atoms with Crippen molar-refractivity contribution in [3.05, 3.63) is 46.1 Å². The number of rotatable bonds is 4. The van der Waals surface area contributed by atoms with Crippen LogP contribution in [0.25, 0.3) is 0 Å². The highest BCUT2D eigenvalue weighted by atomic mass is 19.4. The monoisotopic (exact) mass is 299 g/mol. The lowest BCUT2D eigenvalue weighted by Gasteiger charge is -2.09. The summed E-state index contributed by atoms with van der Waals surface area (Å²) in [7, 11) is 0. The summed E-state index contributed by atoms with van der Waals surface area (Å²) < 4.78 is 41.5. The van der Waals surface area contributed by atoms with E-state index in [-0.39, 0.29) is 11.4 Å². The van der Waals surface area contributed by atoms with Gasteiger partial charge in [-0.25, -0.2) is 0 Å². The molecule has 0 saturated heterocycles. The molecule has 0 fully saturated rings. The van der Waals surface area contributed by atoms with E-state index in [0.717, 1.165) is 5.56 Å². The molecule has 0 saturated carbocycles. The van der Waals surface area contributed by atoms with Gasteiger partial charge in [-0.3, -0.25) is 4.68 Å². The first-order valence-corrected chi connectivity index (χ1v) is 6.02. The fourth-order valence-electron chi connectivity index (χ4n) is 1.94. The molecule has 1 aromatic heterocycles. The molecule has 0 atom stereocenters. The van der Waals surface area contributed by atoms with Crippen LogP contribution in [0.4, 0.5) is 18.9 Å². The summed E-state index contributed by atoms with van der Waals surface area (Å²) >= 11 is 0. The Kier molecular flexibility index (Phi) is 3.97. The number of nitrogens with zero attached hydrogens (tertiary/aromatic N) is 3. The molecule has 0 bridgehead atoms. The molecule has 21 heavy (non-hydrogen) atoms. The Hall–Kier alpha value is -2.38. The number of aromatic nitrogens is 2. The van der Waals surface area contributed by atoms with Crippen molar-refractivity contribution in [2.45, 2.75) is 26.8 Å². The second-order valence-electron chi connectivity index (χ2n) is 4.46. The Morgan fingerprint density at radius 2 is 1.86 bits per heavy atom. The van der Waals surface area contributed by atoms with E-state index in [1.807, 2.05) is 0 Å². The highest BCUT2D eigenvalue weighted by Gasteiger charge is 2.30. The zero-order valence-electron chi connectivity index (χ0n) is 11.3. The Balaban J connectivity index is 2.16. The number of ether oxygens (including phenoxy) is 1. The van der Waals surface area contributed by atoms with Crippen LogP contribution in [0.5, 0.6) is 5.75 Å². The molecule has 0 N–H and O–H groups in total. The first-order valence-electron chi connectivity index (χ1n) is 6.02. The summed E-state index contributed by atoms with van der Waals surface area (Å²) in [5.74, 6) is -0.283. The van der Waals surface area contributed by atoms with E-state index in [1.54, 1.807) is 18.5 Å². The zero-order valence-corrected chi connectivity index (χ0v) is 11.3. The van der Waals surface area contributed by atoms with Gasteiger partial charge in [0.25, 0.3) is 0 Å². The molecule has 0 amide bonds. The van der Waals surface area contributed by atoms with Crippen LogP contribution < -0.4 is 4.74 Å². The molecule has 0 aliphatic rings. The van der Waals surface area contributed by atoms with E-state index in [9.17, 15) is 18.1 Å². The Labute approximate surface area is 118 Å². The van der Waals surface area contributed by atoms with E-state index in [0.29, 0.717) is 17.9 Å². The smallest absolute Gasteiger partial charge is 0.406 e. The van der Waals surface area contributed by atoms with Crippen LogP contribution in [-0.4, -0.2) is 16.1 Å². The van der Waals surface area contributed by atoms with Crippen molar-refractivity contribution in [1.29, 1.82) is 0 Å². The lowest BCUT2D eigenvalue weighted by molar-refractivity contribution is -0.274. The number of aryl methyl sites for hydroxylation is 1. The van der Waals surface area contributed by atoms with Crippen molar-refractivity contribution in [3.63, 3.8) is 0 Å². The van der Waals surface area contributed by atoms with E-state index >= 15 is 0 Å². The normalized spacial score (nSPS) is 11.5. The molecule has 5 nitrogen and oxygen atoms in total. The minimum absolute atomic E-state index is 0.283. The number of hydrogen-bond acceptors (Lipinski definition) is 4. The summed E-state index contributed by atoms with van der Waals surface area (Å²) in [6.45, 7) is 3.70. The third-order valence-corrected chi connectivity index (χ3v) is 2.92. The predicted octanol–water partition coefficient (Wildman–Crippen LogP) is 3.84. The lowest BCUT2D eigenvalue weighted by Crippen LogP contribution is -2.17. The van der Waals surface area contributed by atoms with Crippen molar-refractivity contribution < 1.29 is 17.9 Å². The molecule has 0 spiro atoms. The molecule has 0 aliphatic heterocycles. The van der Waals surface area contributed by atoms with Gasteiger partial charge in [-0.1, -0.05) is 12.1 Å². The second kappa shape index (κ2) is 5.55. The highest BCUT2D eigenvalue weighted by Crippen LogP contribution is 2.25. The molecule has 0 radical (unpaired) electrons. The lowest BCUT2D eigenvalue weighted by atomic mass is 10.2. The molecule has 112 valence electrons. The Morgan fingerprint density at radius 1 is 1.24 bits per heavy atom. The number of benzene rings is 1. The van der Waals surface area contributed by atoms with Crippen LogP contribution >= 0.6 is 0 Å². The fourth-order valence-corrected chi connectivity index (χ4v) is 1.94. The van der Waals surface area contributed by atoms with Gasteiger partial charge in [0.2, 0.25) is 0 Å². The molecule has 1 aromatic carbocycles. The Bertz CT molecular complexity index is 648. The number of nitroso groups, excluding NO2 is 1. The second-order valence-corrected chi connectivity index (χ2v) is 4.46. The van der Waals surface area contributed by atoms with Gasteiger partial charge in [0, 0.05) is 0 Å². The summed E-state index contributed by atoms with van der Waals surface area (Å²) in [4.78, 5) is 10.7. The van der Waals surface area contributed by atoms with Crippen LogP contribution in [0.2, 0.25) is 0 Å². The van der Waals surface area contributed by atoms with Crippen molar-refractivity contribution in [2.75, 3.05) is 0 Å². The standard InChI is InChI=1S/C13H12F3N3O2/c1-8-12(18-20)9(2)19(17-8)7-10-3-5-11(6-4-10)21-13(14,15)16/h3-6H,7H2,1-2H3. The zero-order chi connectivity index (χ0) is 15.6. The maximum atomic E-state index is 12.1. The van der Waals surface area contributed by atoms with E-state index in [1.165, 1.54) is 24.3 Å². The molecule has 0 unspecified atom stereocenters. The van der Waals surface area contributed by atoms with Gasteiger partial charge in [-0.15, -0.1) is 18.1 Å². The van der Waals surface area contributed by atoms with Crippen LogP contribution in [-0.2, 0) is 6.54 Å². The van der Waals surface area contributed by atoms with Gasteiger partial charge in [0.1, 0.15) is 5.75 Å². The molecule has 1 heterocycles. The summed E-state index contributed by atoms with van der Waals surface area (Å²) in [6, 6.07) is 5.47. The van der Waals surface area contributed by atoms with E-state index in [2.05, 4.69) is 15.0 Å². The topological polar surface area (TPSA) is 56.5 Å². The fraction of sp³-hybridized carbons (Fsp3) is 0.308. The molecular formula is C13H12F3N3O2. The first kappa shape index (κ1) is 15.0. The van der Waals surface area contributed by atoms with Crippen molar-refractivity contribution >= 4 is 5.69 Å². The summed E-state index contributed by atoms with van der Waals surface area (Å²) in [5, 5.41) is 7.08. The highest BCUT2D eigenvalue weighted by molar-refractivity contribution is 5.46. The largest absolute Gasteiger partial charge is 0.573 e. The maximum absolute atomic E-state index is 12.1. The van der Waals surface area contributed by atoms with Gasteiger partial charge >= 0.3 is 6.36 Å².